The Morgan fingerprint density at radius 1 is 1.20 bits per heavy atom. The lowest BCUT2D eigenvalue weighted by Crippen LogP contribution is -1.89. The van der Waals surface area contributed by atoms with Crippen LogP contribution in [0.15, 0.2) is 36.5 Å². The van der Waals surface area contributed by atoms with E-state index < -0.39 is 0 Å². The standard InChI is InChI=1S/C12H11FN2/c1-8-6-9(2-4-11(8)13)12-5-3-10(14)7-15-12/h2-7H,14H2,1H3. The van der Waals surface area contributed by atoms with Crippen molar-refractivity contribution in [3.63, 3.8) is 0 Å². The third-order valence-electron chi connectivity index (χ3n) is 2.24. The molecule has 2 nitrogen and oxygen atoms in total. The van der Waals surface area contributed by atoms with Gasteiger partial charge in [0.05, 0.1) is 17.6 Å². The van der Waals surface area contributed by atoms with Gasteiger partial charge >= 0.3 is 0 Å². The van der Waals surface area contributed by atoms with E-state index >= 15 is 0 Å². The Morgan fingerprint density at radius 3 is 2.60 bits per heavy atom. The van der Waals surface area contributed by atoms with Crippen LogP contribution in [0.5, 0.6) is 0 Å². The van der Waals surface area contributed by atoms with Gasteiger partial charge in [0.2, 0.25) is 0 Å². The highest BCUT2D eigenvalue weighted by molar-refractivity contribution is 5.61. The van der Waals surface area contributed by atoms with Gasteiger partial charge in [-0.15, -0.1) is 0 Å². The predicted molar refractivity (Wildman–Crippen MR) is 58.8 cm³/mol. The molecule has 0 radical (unpaired) electrons. The lowest BCUT2D eigenvalue weighted by Gasteiger charge is -2.03. The first kappa shape index (κ1) is 9.65. The van der Waals surface area contributed by atoms with Crippen LogP contribution in [0.2, 0.25) is 0 Å². The maximum Gasteiger partial charge on any atom is 0.126 e. The predicted octanol–water partition coefficient (Wildman–Crippen LogP) is 2.78. The molecular formula is C12H11FN2. The summed E-state index contributed by atoms with van der Waals surface area (Å²) in [5.74, 6) is -0.200. The number of nitrogens with two attached hydrogens (primary N) is 1. The molecule has 0 atom stereocenters. The number of anilines is 1. The normalized spacial score (nSPS) is 10.3. The summed E-state index contributed by atoms with van der Waals surface area (Å²) in [5, 5.41) is 0. The molecule has 0 unspecified atom stereocenters. The minimum atomic E-state index is -0.200. The zero-order valence-electron chi connectivity index (χ0n) is 8.37. The number of rotatable bonds is 1. The number of nitrogens with zero attached hydrogens (tertiary/aromatic N) is 1. The van der Waals surface area contributed by atoms with Gasteiger partial charge in [-0.2, -0.15) is 0 Å². The van der Waals surface area contributed by atoms with Crippen LogP contribution in [0.1, 0.15) is 5.56 Å². The number of benzene rings is 1. The van der Waals surface area contributed by atoms with Crippen molar-refractivity contribution in [1.82, 2.24) is 4.98 Å². The molecule has 0 aliphatic heterocycles. The van der Waals surface area contributed by atoms with Gasteiger partial charge in [-0.1, -0.05) is 0 Å². The molecule has 2 aromatic rings. The summed E-state index contributed by atoms with van der Waals surface area (Å²) in [4.78, 5) is 4.17. The van der Waals surface area contributed by atoms with Crippen molar-refractivity contribution >= 4 is 5.69 Å². The van der Waals surface area contributed by atoms with E-state index in [1.807, 2.05) is 6.07 Å². The lowest BCUT2D eigenvalue weighted by molar-refractivity contribution is 0.619. The van der Waals surface area contributed by atoms with Crippen LogP contribution in [0.4, 0.5) is 10.1 Å². The Morgan fingerprint density at radius 2 is 2.00 bits per heavy atom. The van der Waals surface area contributed by atoms with E-state index in [0.29, 0.717) is 11.3 Å². The second-order valence-electron chi connectivity index (χ2n) is 3.44. The van der Waals surface area contributed by atoms with Crippen LogP contribution in [0, 0.1) is 12.7 Å². The van der Waals surface area contributed by atoms with Crippen molar-refractivity contribution in [2.75, 3.05) is 5.73 Å². The minimum Gasteiger partial charge on any atom is -0.397 e. The van der Waals surface area contributed by atoms with Gasteiger partial charge in [0.1, 0.15) is 5.82 Å². The van der Waals surface area contributed by atoms with Crippen molar-refractivity contribution in [2.45, 2.75) is 6.92 Å². The number of nitrogen functional groups attached to an aromatic ring is 1. The molecule has 0 fully saturated rings. The molecule has 0 aliphatic rings. The molecule has 0 aliphatic carbocycles. The first-order chi connectivity index (χ1) is 7.16. The quantitative estimate of drug-likeness (QED) is 0.772. The SMILES string of the molecule is Cc1cc(-c2ccc(N)cn2)ccc1F. The maximum absolute atomic E-state index is 13.0. The first-order valence-electron chi connectivity index (χ1n) is 4.65. The fourth-order valence-electron chi connectivity index (χ4n) is 1.38. The van der Waals surface area contributed by atoms with E-state index in [4.69, 9.17) is 5.73 Å². The molecule has 2 rings (SSSR count). The number of hydrogen-bond donors (Lipinski definition) is 1. The van der Waals surface area contributed by atoms with E-state index in [1.165, 1.54) is 6.07 Å². The molecule has 76 valence electrons. The summed E-state index contributed by atoms with van der Waals surface area (Å²) in [7, 11) is 0. The van der Waals surface area contributed by atoms with Crippen molar-refractivity contribution in [3.8, 4) is 11.3 Å². The summed E-state index contributed by atoms with van der Waals surface area (Å²) in [6, 6.07) is 8.53. The van der Waals surface area contributed by atoms with E-state index in [2.05, 4.69) is 4.98 Å². The zero-order chi connectivity index (χ0) is 10.8. The Hall–Kier alpha value is -1.90. The summed E-state index contributed by atoms with van der Waals surface area (Å²) in [6.45, 7) is 1.73. The minimum absolute atomic E-state index is 0.200. The van der Waals surface area contributed by atoms with Crippen LogP contribution < -0.4 is 5.73 Å². The first-order valence-corrected chi connectivity index (χ1v) is 4.65. The van der Waals surface area contributed by atoms with Gasteiger partial charge < -0.3 is 5.73 Å². The van der Waals surface area contributed by atoms with Crippen molar-refractivity contribution in [3.05, 3.63) is 47.9 Å². The van der Waals surface area contributed by atoms with Crippen LogP contribution in [0.3, 0.4) is 0 Å². The van der Waals surface area contributed by atoms with Gasteiger partial charge in [0.25, 0.3) is 0 Å². The third-order valence-corrected chi connectivity index (χ3v) is 2.24. The molecule has 1 aromatic heterocycles. The number of hydrogen-bond acceptors (Lipinski definition) is 2. The number of pyridine rings is 1. The Labute approximate surface area is 87.6 Å². The largest absolute Gasteiger partial charge is 0.397 e. The molecule has 15 heavy (non-hydrogen) atoms. The molecule has 1 heterocycles. The Balaban J connectivity index is 2.45. The maximum atomic E-state index is 13.0. The molecule has 1 aromatic carbocycles. The fourth-order valence-corrected chi connectivity index (χ4v) is 1.38. The third kappa shape index (κ3) is 1.96. The molecule has 0 bridgehead atoms. The van der Waals surface area contributed by atoms with Crippen molar-refractivity contribution in [1.29, 1.82) is 0 Å². The van der Waals surface area contributed by atoms with Gasteiger partial charge in [0, 0.05) is 5.56 Å². The lowest BCUT2D eigenvalue weighted by atomic mass is 10.1. The molecule has 0 spiro atoms. The van der Waals surface area contributed by atoms with Crippen LogP contribution in [0.25, 0.3) is 11.3 Å². The van der Waals surface area contributed by atoms with Crippen LogP contribution in [-0.2, 0) is 0 Å². The van der Waals surface area contributed by atoms with Gasteiger partial charge in [-0.25, -0.2) is 4.39 Å². The molecular weight excluding hydrogens is 191 g/mol. The molecule has 0 saturated carbocycles. The van der Waals surface area contributed by atoms with Gasteiger partial charge in [0.15, 0.2) is 0 Å². The Bertz CT molecular complexity index is 477. The van der Waals surface area contributed by atoms with Crippen LogP contribution in [-0.4, -0.2) is 4.98 Å². The van der Waals surface area contributed by atoms with Gasteiger partial charge in [-0.05, 0) is 42.8 Å². The summed E-state index contributed by atoms with van der Waals surface area (Å²) in [5.41, 5.74) is 8.47. The summed E-state index contributed by atoms with van der Waals surface area (Å²) in [6.07, 6.45) is 1.59. The second kappa shape index (κ2) is 3.69. The van der Waals surface area contributed by atoms with E-state index in [1.54, 1.807) is 31.3 Å². The average molecular weight is 202 g/mol. The van der Waals surface area contributed by atoms with E-state index in [9.17, 15) is 4.39 Å². The molecule has 2 N–H and O–H groups in total. The summed E-state index contributed by atoms with van der Waals surface area (Å²) >= 11 is 0. The highest BCUT2D eigenvalue weighted by Gasteiger charge is 2.02. The molecule has 3 heteroatoms. The smallest absolute Gasteiger partial charge is 0.126 e. The van der Waals surface area contributed by atoms with Gasteiger partial charge in [-0.3, -0.25) is 4.98 Å². The summed E-state index contributed by atoms with van der Waals surface area (Å²) < 4.78 is 13.0. The van der Waals surface area contributed by atoms with Crippen molar-refractivity contribution < 1.29 is 4.39 Å². The monoisotopic (exact) mass is 202 g/mol. The second-order valence-corrected chi connectivity index (χ2v) is 3.44. The zero-order valence-corrected chi connectivity index (χ0v) is 8.37. The number of aryl methyl sites for hydroxylation is 1. The Kier molecular flexibility index (Phi) is 2.37. The number of halogens is 1. The topological polar surface area (TPSA) is 38.9 Å². The van der Waals surface area contributed by atoms with E-state index in [0.717, 1.165) is 11.3 Å². The van der Waals surface area contributed by atoms with Crippen molar-refractivity contribution in [2.24, 2.45) is 0 Å². The van der Waals surface area contributed by atoms with E-state index in [-0.39, 0.29) is 5.82 Å². The molecule has 0 amide bonds. The average Bonchev–Trinajstić information content (AvgIpc) is 2.23. The highest BCUT2D eigenvalue weighted by Crippen LogP contribution is 2.20. The fraction of sp³-hybridized carbons (Fsp3) is 0.0833. The van der Waals surface area contributed by atoms with Crippen LogP contribution >= 0.6 is 0 Å². The number of aromatic nitrogens is 1. The highest BCUT2D eigenvalue weighted by atomic mass is 19.1. The molecule has 0 saturated heterocycles.